The Hall–Kier alpha value is -3.42. The fourth-order valence-corrected chi connectivity index (χ4v) is 8.07. The van der Waals surface area contributed by atoms with Gasteiger partial charge in [0.05, 0.1) is 33.7 Å². The van der Waals surface area contributed by atoms with Gasteiger partial charge in [0.1, 0.15) is 5.76 Å². The van der Waals surface area contributed by atoms with Crippen molar-refractivity contribution in [1.82, 2.24) is 5.01 Å². The van der Waals surface area contributed by atoms with Gasteiger partial charge in [-0.25, -0.2) is 5.01 Å². The lowest BCUT2D eigenvalue weighted by molar-refractivity contribution is -0.130. The van der Waals surface area contributed by atoms with E-state index in [4.69, 9.17) is 0 Å². The molecule has 50 heavy (non-hydrogen) atoms. The molecule has 8 nitrogen and oxygen atoms in total. The zero-order valence-corrected chi connectivity index (χ0v) is 31.9. The van der Waals surface area contributed by atoms with Crippen molar-refractivity contribution < 1.29 is 19.5 Å². The average Bonchev–Trinajstić information content (AvgIpc) is 3.85. The first-order valence-electron chi connectivity index (χ1n) is 19.6. The summed E-state index contributed by atoms with van der Waals surface area (Å²) >= 11 is 0. The van der Waals surface area contributed by atoms with Crippen molar-refractivity contribution in [3.05, 3.63) is 40.7 Å². The average molecular weight is 687 g/mol. The summed E-state index contributed by atoms with van der Waals surface area (Å²) in [4.78, 5) is 43.3. The van der Waals surface area contributed by atoms with Crippen molar-refractivity contribution in [2.75, 3.05) is 23.3 Å². The number of allylic oxidation sites excluding steroid dienone is 2. The van der Waals surface area contributed by atoms with Crippen LogP contribution in [0.2, 0.25) is 0 Å². The highest BCUT2D eigenvalue weighted by molar-refractivity contribution is 6.44. The highest BCUT2D eigenvalue weighted by Gasteiger charge is 2.45. The van der Waals surface area contributed by atoms with Gasteiger partial charge in [-0.2, -0.15) is 5.10 Å². The summed E-state index contributed by atoms with van der Waals surface area (Å²) in [5.41, 5.74) is 1.46. The van der Waals surface area contributed by atoms with Crippen LogP contribution in [0.15, 0.2) is 40.2 Å². The summed E-state index contributed by atoms with van der Waals surface area (Å²) in [7, 11) is 0. The second-order valence-electron chi connectivity index (χ2n) is 17.0. The number of carbonyl (C=O) groups is 3. The Kier molecular flexibility index (Phi) is 12.0. The van der Waals surface area contributed by atoms with Gasteiger partial charge in [-0.3, -0.25) is 14.4 Å². The van der Waals surface area contributed by atoms with Crippen LogP contribution in [0.4, 0.5) is 11.4 Å². The van der Waals surface area contributed by atoms with Crippen molar-refractivity contribution in [1.29, 1.82) is 0 Å². The molecule has 274 valence electrons. The number of rotatable bonds is 15. The molecule has 2 fully saturated rings. The third-order valence-electron chi connectivity index (χ3n) is 11.7. The maximum atomic E-state index is 13.9. The molecule has 0 bridgehead atoms. The van der Waals surface area contributed by atoms with E-state index in [-0.39, 0.29) is 28.4 Å². The van der Waals surface area contributed by atoms with Crippen LogP contribution in [0.1, 0.15) is 150 Å². The molecular formula is C42H62N4O4. The molecule has 0 unspecified atom stereocenters. The van der Waals surface area contributed by atoms with Crippen LogP contribution in [0.3, 0.4) is 0 Å². The molecule has 4 aliphatic rings. The first-order valence-corrected chi connectivity index (χ1v) is 19.6. The molecule has 1 aliphatic heterocycles. The second-order valence-corrected chi connectivity index (χ2v) is 17.0. The second kappa shape index (κ2) is 15.9. The van der Waals surface area contributed by atoms with Crippen LogP contribution in [0.5, 0.6) is 0 Å². The molecule has 1 aromatic carbocycles. The van der Waals surface area contributed by atoms with Crippen LogP contribution in [0, 0.1) is 17.3 Å². The summed E-state index contributed by atoms with van der Waals surface area (Å²) in [6.45, 7) is 15.0. The third kappa shape index (κ3) is 8.37. The number of benzene rings is 1. The number of aliphatic hydroxyl groups is 1. The maximum absolute atomic E-state index is 13.9. The minimum atomic E-state index is -0.624. The number of carbonyl (C=O) groups excluding carboxylic acids is 3. The number of hydrazone groups is 1. The quantitative estimate of drug-likeness (QED) is 0.141. The molecule has 0 atom stereocenters. The number of aliphatic hydroxyl groups excluding tert-OH is 1. The predicted molar refractivity (Wildman–Crippen MR) is 204 cm³/mol. The highest BCUT2D eigenvalue weighted by Crippen LogP contribution is 2.44. The molecule has 2 saturated carbocycles. The standard InChI is InChI=1S/C42H62N4O4/c1-8-42(6,7)40(50)43-33-27-31(45(25-15-13-21-29-17-9-10-18-29)26-16-14-22-30-19-11-12-20-30)23-24-32(33)35-37(47)36(38(35)48)34-28(2)44-46(39(34)49)41(3,4)5/h23-24,27,29-30,47H,8-22,25-26H2,1-7H3,(H,43,50)/b36-34-. The number of amides is 2. The zero-order valence-electron chi connectivity index (χ0n) is 31.9. The van der Waals surface area contributed by atoms with Crippen LogP contribution in [-0.2, 0) is 14.4 Å². The monoisotopic (exact) mass is 686 g/mol. The Labute approximate surface area is 300 Å². The number of unbranched alkanes of at least 4 members (excludes halogenated alkanes) is 2. The lowest BCUT2D eigenvalue weighted by atomic mass is 9.79. The molecule has 3 aliphatic carbocycles. The third-order valence-corrected chi connectivity index (χ3v) is 11.7. The van der Waals surface area contributed by atoms with E-state index in [1.807, 2.05) is 59.7 Å². The van der Waals surface area contributed by atoms with Gasteiger partial charge in [0.2, 0.25) is 11.7 Å². The van der Waals surface area contributed by atoms with Gasteiger partial charge in [-0.15, -0.1) is 0 Å². The number of Topliss-reactive ketones (excluding diaryl/α,β-unsaturated/α-hetero) is 1. The molecular weight excluding hydrogens is 624 g/mol. The van der Waals surface area contributed by atoms with Gasteiger partial charge in [0.15, 0.2) is 0 Å². The Morgan fingerprint density at radius 1 is 0.880 bits per heavy atom. The lowest BCUT2D eigenvalue weighted by Gasteiger charge is -2.30. The molecule has 0 spiro atoms. The molecule has 0 saturated heterocycles. The Bertz CT molecular complexity index is 1510. The summed E-state index contributed by atoms with van der Waals surface area (Å²) < 4.78 is 0. The lowest BCUT2D eigenvalue weighted by Crippen LogP contribution is -2.40. The van der Waals surface area contributed by atoms with Gasteiger partial charge in [-0.1, -0.05) is 97.8 Å². The molecule has 1 aromatic rings. The van der Waals surface area contributed by atoms with E-state index >= 15 is 0 Å². The minimum Gasteiger partial charge on any atom is -0.506 e. The van der Waals surface area contributed by atoms with Crippen LogP contribution in [-0.4, -0.2) is 52.1 Å². The minimum absolute atomic E-state index is 0.000562. The maximum Gasteiger partial charge on any atom is 0.277 e. The van der Waals surface area contributed by atoms with E-state index in [1.54, 1.807) is 6.92 Å². The molecule has 0 radical (unpaired) electrons. The van der Waals surface area contributed by atoms with Crippen molar-refractivity contribution in [3.63, 3.8) is 0 Å². The van der Waals surface area contributed by atoms with Gasteiger partial charge < -0.3 is 15.3 Å². The summed E-state index contributed by atoms with van der Waals surface area (Å²) in [5.74, 6) is 0.587. The van der Waals surface area contributed by atoms with E-state index in [9.17, 15) is 19.5 Å². The van der Waals surface area contributed by atoms with Crippen LogP contribution < -0.4 is 10.2 Å². The van der Waals surface area contributed by atoms with Crippen molar-refractivity contribution >= 4 is 40.3 Å². The molecule has 8 heteroatoms. The van der Waals surface area contributed by atoms with Crippen LogP contribution >= 0.6 is 0 Å². The van der Waals surface area contributed by atoms with E-state index in [0.29, 0.717) is 23.4 Å². The predicted octanol–water partition coefficient (Wildman–Crippen LogP) is 9.75. The smallest absolute Gasteiger partial charge is 0.277 e. The van der Waals surface area contributed by atoms with Gasteiger partial charge in [0.25, 0.3) is 5.91 Å². The Balaban J connectivity index is 1.44. The van der Waals surface area contributed by atoms with E-state index in [1.165, 1.54) is 82.1 Å². The van der Waals surface area contributed by atoms with Gasteiger partial charge >= 0.3 is 0 Å². The first-order chi connectivity index (χ1) is 23.7. The molecule has 1 heterocycles. The molecule has 2 amide bonds. The number of anilines is 2. The summed E-state index contributed by atoms with van der Waals surface area (Å²) in [6.07, 6.45) is 18.9. The topological polar surface area (TPSA) is 102 Å². The fourth-order valence-electron chi connectivity index (χ4n) is 8.07. The normalized spacial score (nSPS) is 20.6. The zero-order chi connectivity index (χ0) is 36.2. The van der Waals surface area contributed by atoms with Gasteiger partial charge in [0, 0.05) is 29.8 Å². The van der Waals surface area contributed by atoms with Gasteiger partial charge in [-0.05, 0) is 77.0 Å². The molecule has 0 aromatic heterocycles. The first kappa shape index (κ1) is 37.8. The highest BCUT2D eigenvalue weighted by atomic mass is 16.3. The summed E-state index contributed by atoms with van der Waals surface area (Å²) in [6, 6.07) is 5.87. The SMILES string of the molecule is CCC(C)(C)C(=O)Nc1cc(N(CCCCC2CCCC2)CCCCC2CCCC2)ccc1C1=C(O)/C(=C2/C(=O)N(C(C)(C)C)N=C2C)C1=O. The molecule has 2 N–H and O–H groups in total. The van der Waals surface area contributed by atoms with Crippen molar-refractivity contribution in [2.45, 2.75) is 150 Å². The molecule has 5 rings (SSSR count). The largest absolute Gasteiger partial charge is 0.506 e. The fraction of sp³-hybridized carbons (Fsp3) is 0.667. The van der Waals surface area contributed by atoms with Crippen LogP contribution in [0.25, 0.3) is 5.57 Å². The number of nitrogens with zero attached hydrogens (tertiary/aromatic N) is 3. The Morgan fingerprint density at radius 3 is 1.92 bits per heavy atom. The van der Waals surface area contributed by atoms with E-state index in [0.717, 1.165) is 43.5 Å². The number of hydrogen-bond donors (Lipinski definition) is 2. The Morgan fingerprint density at radius 2 is 1.44 bits per heavy atom. The van der Waals surface area contributed by atoms with E-state index < -0.39 is 22.6 Å². The van der Waals surface area contributed by atoms with Crippen molar-refractivity contribution in [2.24, 2.45) is 22.4 Å². The number of ketones is 1. The van der Waals surface area contributed by atoms with Crippen molar-refractivity contribution in [3.8, 4) is 0 Å². The van der Waals surface area contributed by atoms with E-state index in [2.05, 4.69) is 15.3 Å². The number of nitrogens with one attached hydrogen (secondary N) is 1. The summed E-state index contributed by atoms with van der Waals surface area (Å²) in [5, 5.41) is 20.4. The number of hydrogen-bond acceptors (Lipinski definition) is 6.